The molecular weight excluding hydrogens is 240 g/mol. The van der Waals surface area contributed by atoms with Crippen LogP contribution in [0.4, 0.5) is 8.78 Å². The molecule has 18 heavy (non-hydrogen) atoms. The molecule has 0 aliphatic heterocycles. The number of hydrogen-bond donors (Lipinski definition) is 1. The summed E-state index contributed by atoms with van der Waals surface area (Å²) in [5.41, 5.74) is 0.938. The first-order valence-electron chi connectivity index (χ1n) is 5.26. The maximum Gasteiger partial charge on any atom is 0.254 e. The Balaban J connectivity index is 2.12. The number of nitrogens with zero attached hydrogens (tertiary/aromatic N) is 2. The largest absolute Gasteiger partial charge is 0.337 e. The Labute approximate surface area is 102 Å². The molecule has 2 rings (SSSR count). The second-order valence-corrected chi connectivity index (χ2v) is 3.90. The second kappa shape index (κ2) is 4.95. The van der Waals surface area contributed by atoms with Crippen LogP contribution in [0.15, 0.2) is 30.6 Å². The Morgan fingerprint density at radius 1 is 1.39 bits per heavy atom. The molecule has 4 nitrogen and oxygen atoms in total. The van der Waals surface area contributed by atoms with Gasteiger partial charge in [-0.2, -0.15) is 5.10 Å². The Morgan fingerprint density at radius 2 is 2.17 bits per heavy atom. The van der Waals surface area contributed by atoms with Crippen LogP contribution in [-0.4, -0.2) is 28.1 Å². The van der Waals surface area contributed by atoms with E-state index in [1.54, 1.807) is 19.4 Å². The number of aromatic amines is 1. The number of aromatic nitrogens is 2. The van der Waals surface area contributed by atoms with Crippen molar-refractivity contribution in [3.8, 4) is 0 Å². The van der Waals surface area contributed by atoms with Crippen LogP contribution in [0.5, 0.6) is 0 Å². The van der Waals surface area contributed by atoms with Gasteiger partial charge in [-0.3, -0.25) is 9.89 Å². The van der Waals surface area contributed by atoms with Crippen LogP contribution in [0.25, 0.3) is 0 Å². The van der Waals surface area contributed by atoms with Crippen molar-refractivity contribution in [1.29, 1.82) is 0 Å². The molecule has 1 aromatic heterocycles. The summed E-state index contributed by atoms with van der Waals surface area (Å²) in [6.07, 6.45) is 3.25. The lowest BCUT2D eigenvalue weighted by Gasteiger charge is -2.16. The smallest absolute Gasteiger partial charge is 0.254 e. The highest BCUT2D eigenvalue weighted by Gasteiger charge is 2.14. The van der Waals surface area contributed by atoms with Crippen molar-refractivity contribution in [3.63, 3.8) is 0 Å². The Morgan fingerprint density at radius 3 is 2.78 bits per heavy atom. The number of nitrogens with one attached hydrogen (secondary N) is 1. The van der Waals surface area contributed by atoms with E-state index in [1.165, 1.54) is 11.0 Å². The average molecular weight is 251 g/mol. The van der Waals surface area contributed by atoms with E-state index in [4.69, 9.17) is 0 Å². The van der Waals surface area contributed by atoms with Gasteiger partial charge in [-0.1, -0.05) is 0 Å². The molecular formula is C12H11F2N3O. The molecule has 1 N–H and O–H groups in total. The summed E-state index contributed by atoms with van der Waals surface area (Å²) in [5, 5.41) is 6.39. The summed E-state index contributed by atoms with van der Waals surface area (Å²) in [5.74, 6) is -2.38. The Bertz CT molecular complexity index is 554. The van der Waals surface area contributed by atoms with E-state index >= 15 is 0 Å². The third kappa shape index (κ3) is 2.53. The van der Waals surface area contributed by atoms with Crippen molar-refractivity contribution in [2.45, 2.75) is 6.54 Å². The molecule has 1 amide bonds. The zero-order valence-electron chi connectivity index (χ0n) is 9.65. The number of amides is 1. The normalized spacial score (nSPS) is 10.4. The summed E-state index contributed by atoms with van der Waals surface area (Å²) in [6.45, 7) is 0.342. The van der Waals surface area contributed by atoms with Crippen LogP contribution >= 0.6 is 0 Å². The van der Waals surface area contributed by atoms with Crippen molar-refractivity contribution in [2.75, 3.05) is 7.05 Å². The summed E-state index contributed by atoms with van der Waals surface area (Å²) < 4.78 is 25.8. The highest BCUT2D eigenvalue weighted by Crippen LogP contribution is 2.11. The first kappa shape index (κ1) is 12.2. The van der Waals surface area contributed by atoms with Gasteiger partial charge in [-0.05, 0) is 18.2 Å². The minimum atomic E-state index is -1.03. The maximum absolute atomic E-state index is 13.0. The summed E-state index contributed by atoms with van der Waals surface area (Å²) >= 11 is 0. The van der Waals surface area contributed by atoms with Crippen molar-refractivity contribution < 1.29 is 13.6 Å². The second-order valence-electron chi connectivity index (χ2n) is 3.90. The van der Waals surface area contributed by atoms with Gasteiger partial charge < -0.3 is 4.90 Å². The molecule has 0 radical (unpaired) electrons. The van der Waals surface area contributed by atoms with Crippen molar-refractivity contribution in [1.82, 2.24) is 15.1 Å². The summed E-state index contributed by atoms with van der Waals surface area (Å²) in [4.78, 5) is 13.3. The fraction of sp³-hybridized carbons (Fsp3) is 0.167. The molecule has 1 heterocycles. The van der Waals surface area contributed by atoms with E-state index in [9.17, 15) is 13.6 Å². The molecule has 1 aromatic carbocycles. The Kier molecular flexibility index (Phi) is 3.36. The minimum absolute atomic E-state index is 0.111. The molecule has 94 valence electrons. The minimum Gasteiger partial charge on any atom is -0.337 e. The third-order valence-corrected chi connectivity index (χ3v) is 2.49. The van der Waals surface area contributed by atoms with Gasteiger partial charge >= 0.3 is 0 Å². The zero-order chi connectivity index (χ0) is 13.1. The van der Waals surface area contributed by atoms with E-state index in [0.29, 0.717) is 6.54 Å². The van der Waals surface area contributed by atoms with E-state index < -0.39 is 11.6 Å². The van der Waals surface area contributed by atoms with Crippen molar-refractivity contribution in [2.24, 2.45) is 0 Å². The lowest BCUT2D eigenvalue weighted by Crippen LogP contribution is -2.26. The zero-order valence-corrected chi connectivity index (χ0v) is 9.65. The molecule has 0 atom stereocenters. The number of rotatable bonds is 3. The predicted molar refractivity (Wildman–Crippen MR) is 60.7 cm³/mol. The summed E-state index contributed by atoms with van der Waals surface area (Å²) in [7, 11) is 1.58. The van der Waals surface area contributed by atoms with E-state index in [0.717, 1.165) is 17.7 Å². The van der Waals surface area contributed by atoms with Crippen LogP contribution < -0.4 is 0 Å². The van der Waals surface area contributed by atoms with Crippen LogP contribution in [0, 0.1) is 11.6 Å². The van der Waals surface area contributed by atoms with Crippen LogP contribution in [-0.2, 0) is 6.54 Å². The highest BCUT2D eigenvalue weighted by molar-refractivity contribution is 5.94. The van der Waals surface area contributed by atoms with Crippen molar-refractivity contribution >= 4 is 5.91 Å². The lowest BCUT2D eigenvalue weighted by molar-refractivity contribution is 0.0784. The van der Waals surface area contributed by atoms with Crippen LogP contribution in [0.3, 0.4) is 0 Å². The van der Waals surface area contributed by atoms with Crippen LogP contribution in [0.2, 0.25) is 0 Å². The molecule has 0 aliphatic carbocycles. The fourth-order valence-corrected chi connectivity index (χ4v) is 1.56. The van der Waals surface area contributed by atoms with Gasteiger partial charge in [0.1, 0.15) is 0 Å². The molecule has 2 aromatic rings. The van der Waals surface area contributed by atoms with Gasteiger partial charge in [-0.15, -0.1) is 0 Å². The SMILES string of the molecule is CN(Cc1cn[nH]c1)C(=O)c1ccc(F)c(F)c1. The van der Waals surface area contributed by atoms with E-state index in [2.05, 4.69) is 10.2 Å². The van der Waals surface area contributed by atoms with Gasteiger partial charge in [0.2, 0.25) is 0 Å². The predicted octanol–water partition coefficient (Wildman–Crippen LogP) is 1.96. The van der Waals surface area contributed by atoms with Gasteiger partial charge in [0.05, 0.1) is 6.20 Å². The van der Waals surface area contributed by atoms with E-state index in [-0.39, 0.29) is 11.5 Å². The topological polar surface area (TPSA) is 49.0 Å². The van der Waals surface area contributed by atoms with Crippen molar-refractivity contribution in [3.05, 3.63) is 53.4 Å². The van der Waals surface area contributed by atoms with Gasteiger partial charge in [0.15, 0.2) is 11.6 Å². The molecule has 6 heteroatoms. The van der Waals surface area contributed by atoms with Gasteiger partial charge in [0, 0.05) is 30.9 Å². The molecule has 0 saturated heterocycles. The molecule has 0 fully saturated rings. The maximum atomic E-state index is 13.0. The fourth-order valence-electron chi connectivity index (χ4n) is 1.56. The standard InChI is InChI=1S/C12H11F2N3O/c1-17(7-8-5-15-16-6-8)12(18)9-2-3-10(13)11(14)4-9/h2-6H,7H2,1H3,(H,15,16). The number of H-pyrrole nitrogens is 1. The molecule has 0 unspecified atom stereocenters. The first-order valence-corrected chi connectivity index (χ1v) is 5.26. The summed E-state index contributed by atoms with van der Waals surface area (Å²) in [6, 6.07) is 3.09. The Hall–Kier alpha value is -2.24. The number of carbonyl (C=O) groups excluding carboxylic acids is 1. The lowest BCUT2D eigenvalue weighted by atomic mass is 10.2. The van der Waals surface area contributed by atoms with Crippen LogP contribution in [0.1, 0.15) is 15.9 Å². The molecule has 0 saturated carbocycles. The first-order chi connectivity index (χ1) is 8.58. The average Bonchev–Trinajstić information content (AvgIpc) is 2.84. The number of hydrogen-bond acceptors (Lipinski definition) is 2. The number of benzene rings is 1. The van der Waals surface area contributed by atoms with E-state index in [1.807, 2.05) is 0 Å². The molecule has 0 bridgehead atoms. The highest BCUT2D eigenvalue weighted by atomic mass is 19.2. The van der Waals surface area contributed by atoms with Gasteiger partial charge in [-0.25, -0.2) is 8.78 Å². The third-order valence-electron chi connectivity index (χ3n) is 2.49. The molecule has 0 spiro atoms. The molecule has 0 aliphatic rings. The number of carbonyl (C=O) groups is 1. The number of halogens is 2. The monoisotopic (exact) mass is 251 g/mol. The van der Waals surface area contributed by atoms with Gasteiger partial charge in [0.25, 0.3) is 5.91 Å². The quantitative estimate of drug-likeness (QED) is 0.906.